The van der Waals surface area contributed by atoms with Crippen LogP contribution in [0.4, 0.5) is 5.69 Å². The van der Waals surface area contributed by atoms with Crippen molar-refractivity contribution < 1.29 is 4.79 Å². The molecule has 0 unspecified atom stereocenters. The van der Waals surface area contributed by atoms with Gasteiger partial charge in [0.05, 0.1) is 0 Å². The highest BCUT2D eigenvalue weighted by Gasteiger charge is 2.10. The summed E-state index contributed by atoms with van der Waals surface area (Å²) in [6.45, 7) is 2.82. The molecule has 0 aliphatic rings. The molecule has 0 aliphatic heterocycles. The van der Waals surface area contributed by atoms with Crippen molar-refractivity contribution >= 4 is 22.6 Å². The molecule has 0 saturated heterocycles. The summed E-state index contributed by atoms with van der Waals surface area (Å²) < 4.78 is 0. The highest BCUT2D eigenvalue weighted by Crippen LogP contribution is 2.31. The van der Waals surface area contributed by atoms with Gasteiger partial charge < -0.3 is 15.2 Å². The fourth-order valence-corrected chi connectivity index (χ4v) is 3.57. The highest BCUT2D eigenvalue weighted by atomic mass is 16.1. The summed E-state index contributed by atoms with van der Waals surface area (Å²) in [5, 5.41) is 3.98. The van der Waals surface area contributed by atoms with Gasteiger partial charge in [-0.15, -0.1) is 0 Å². The van der Waals surface area contributed by atoms with Crippen molar-refractivity contribution in [3.8, 4) is 22.3 Å². The average molecular weight is 426 g/mol. The van der Waals surface area contributed by atoms with Crippen LogP contribution in [0, 0.1) is 0 Å². The second-order valence-electron chi connectivity index (χ2n) is 7.95. The van der Waals surface area contributed by atoms with E-state index in [1.165, 1.54) is 0 Å². The van der Waals surface area contributed by atoms with Crippen molar-refractivity contribution in [1.82, 2.24) is 19.9 Å². The molecule has 32 heavy (non-hydrogen) atoms. The number of rotatable bonds is 7. The predicted octanol–water partition coefficient (Wildman–Crippen LogP) is 4.91. The number of nitrogens with one attached hydrogen (secondary N) is 2. The molecule has 162 valence electrons. The first-order chi connectivity index (χ1) is 15.5. The second kappa shape index (κ2) is 9.58. The first-order valence-electron chi connectivity index (χ1n) is 10.7. The largest absolute Gasteiger partial charge is 0.346 e. The Morgan fingerprint density at radius 1 is 1.09 bits per heavy atom. The van der Waals surface area contributed by atoms with Gasteiger partial charge in [-0.2, -0.15) is 0 Å². The Morgan fingerprint density at radius 2 is 1.97 bits per heavy atom. The number of nitrogens with zero attached hydrogens (tertiary/aromatic N) is 3. The monoisotopic (exact) mass is 425 g/mol. The van der Waals surface area contributed by atoms with Gasteiger partial charge in [-0.1, -0.05) is 25.1 Å². The SMILES string of the molecule is CCc1cc(-c2c[nH]c3ncc(-c4cccc(NC(=O)/C=C/CN(C)C)c4)cc23)ccn1. The van der Waals surface area contributed by atoms with E-state index in [2.05, 4.69) is 39.3 Å². The van der Waals surface area contributed by atoms with Crippen LogP contribution < -0.4 is 5.32 Å². The van der Waals surface area contributed by atoms with Gasteiger partial charge in [-0.3, -0.25) is 9.78 Å². The Labute approximate surface area is 188 Å². The number of H-pyrrole nitrogens is 1. The van der Waals surface area contributed by atoms with E-state index in [0.29, 0.717) is 0 Å². The fraction of sp³-hybridized carbons (Fsp3) is 0.192. The van der Waals surface area contributed by atoms with Crippen LogP contribution in [0.15, 0.2) is 73.2 Å². The zero-order valence-electron chi connectivity index (χ0n) is 18.6. The topological polar surface area (TPSA) is 73.9 Å². The summed E-state index contributed by atoms with van der Waals surface area (Å²) in [6.07, 6.45) is 9.99. The number of aromatic amines is 1. The Morgan fingerprint density at radius 3 is 2.78 bits per heavy atom. The minimum Gasteiger partial charge on any atom is -0.346 e. The molecule has 0 radical (unpaired) electrons. The maximum atomic E-state index is 12.2. The molecule has 0 spiro atoms. The standard InChI is InChI=1S/C26H27N5O/c1-4-21-14-19(10-11-27-21)24-17-29-26-23(24)15-20(16-28-26)18-7-5-8-22(13-18)30-25(32)9-6-12-31(2)3/h5-11,13-17H,4,12H2,1-3H3,(H,28,29)(H,30,32)/b9-6+. The Bertz CT molecular complexity index is 1270. The van der Waals surface area contributed by atoms with E-state index in [1.807, 2.05) is 74.0 Å². The third-order valence-corrected chi connectivity index (χ3v) is 5.22. The van der Waals surface area contributed by atoms with Gasteiger partial charge in [0.2, 0.25) is 5.91 Å². The van der Waals surface area contributed by atoms with Crippen molar-refractivity contribution in [2.75, 3.05) is 26.0 Å². The van der Waals surface area contributed by atoms with Crippen LogP contribution >= 0.6 is 0 Å². The lowest BCUT2D eigenvalue weighted by Crippen LogP contribution is -2.12. The lowest BCUT2D eigenvalue weighted by Gasteiger charge is -2.08. The minimum absolute atomic E-state index is 0.144. The molecule has 4 rings (SSSR count). The number of carbonyl (C=O) groups excluding carboxylic acids is 1. The molecular formula is C26H27N5O. The summed E-state index contributed by atoms with van der Waals surface area (Å²) >= 11 is 0. The third kappa shape index (κ3) is 4.92. The van der Waals surface area contributed by atoms with Crippen molar-refractivity contribution in [1.29, 1.82) is 0 Å². The molecule has 0 bridgehead atoms. The number of hydrogen-bond donors (Lipinski definition) is 2. The molecule has 6 nitrogen and oxygen atoms in total. The van der Waals surface area contributed by atoms with Crippen LogP contribution in [0.3, 0.4) is 0 Å². The zero-order chi connectivity index (χ0) is 22.5. The summed E-state index contributed by atoms with van der Waals surface area (Å²) in [7, 11) is 3.92. The van der Waals surface area contributed by atoms with Gasteiger partial charge in [0, 0.05) is 59.1 Å². The number of likely N-dealkylation sites (N-methyl/N-ethyl adjacent to an activating group) is 1. The van der Waals surface area contributed by atoms with Crippen LogP contribution in [-0.4, -0.2) is 46.4 Å². The third-order valence-electron chi connectivity index (χ3n) is 5.22. The van der Waals surface area contributed by atoms with Gasteiger partial charge in [0.15, 0.2) is 0 Å². The van der Waals surface area contributed by atoms with Crippen molar-refractivity contribution in [2.24, 2.45) is 0 Å². The summed E-state index contributed by atoms with van der Waals surface area (Å²) in [5.41, 5.74) is 6.85. The van der Waals surface area contributed by atoms with E-state index in [-0.39, 0.29) is 5.91 Å². The molecule has 0 atom stereocenters. The number of carbonyl (C=O) groups is 1. The number of benzene rings is 1. The number of aromatic nitrogens is 3. The van der Waals surface area contributed by atoms with E-state index >= 15 is 0 Å². The van der Waals surface area contributed by atoms with Crippen LogP contribution in [0.5, 0.6) is 0 Å². The minimum atomic E-state index is -0.144. The first kappa shape index (κ1) is 21.5. The van der Waals surface area contributed by atoms with E-state index in [4.69, 9.17) is 0 Å². The van der Waals surface area contributed by atoms with Crippen LogP contribution in [-0.2, 0) is 11.2 Å². The van der Waals surface area contributed by atoms with Gasteiger partial charge >= 0.3 is 0 Å². The fourth-order valence-electron chi connectivity index (χ4n) is 3.57. The maximum Gasteiger partial charge on any atom is 0.248 e. The molecule has 1 aromatic carbocycles. The van der Waals surface area contributed by atoms with Gasteiger partial charge in [0.1, 0.15) is 5.65 Å². The molecule has 4 aromatic rings. The molecule has 0 fully saturated rings. The van der Waals surface area contributed by atoms with Gasteiger partial charge in [0.25, 0.3) is 0 Å². The molecule has 0 aliphatic carbocycles. The molecule has 0 saturated carbocycles. The van der Waals surface area contributed by atoms with Gasteiger partial charge in [-0.25, -0.2) is 4.98 Å². The molecule has 6 heteroatoms. The Kier molecular flexibility index (Phi) is 6.42. The van der Waals surface area contributed by atoms with Crippen molar-refractivity contribution in [2.45, 2.75) is 13.3 Å². The van der Waals surface area contributed by atoms with E-state index in [9.17, 15) is 4.79 Å². The molecule has 1 amide bonds. The lowest BCUT2D eigenvalue weighted by molar-refractivity contribution is -0.111. The Balaban J connectivity index is 1.62. The number of amides is 1. The van der Waals surface area contributed by atoms with Crippen LogP contribution in [0.1, 0.15) is 12.6 Å². The summed E-state index contributed by atoms with van der Waals surface area (Å²) in [6, 6.07) is 14.1. The number of pyridine rings is 2. The van der Waals surface area contributed by atoms with Crippen molar-refractivity contribution in [3.63, 3.8) is 0 Å². The van der Waals surface area contributed by atoms with Crippen LogP contribution in [0.25, 0.3) is 33.3 Å². The van der Waals surface area contributed by atoms with E-state index < -0.39 is 0 Å². The smallest absolute Gasteiger partial charge is 0.248 e. The normalized spacial score (nSPS) is 11.5. The number of anilines is 1. The molecular weight excluding hydrogens is 398 g/mol. The van der Waals surface area contributed by atoms with Crippen LogP contribution in [0.2, 0.25) is 0 Å². The number of aryl methyl sites for hydroxylation is 1. The maximum absolute atomic E-state index is 12.2. The summed E-state index contributed by atoms with van der Waals surface area (Å²) in [4.78, 5) is 26.5. The first-order valence-corrected chi connectivity index (χ1v) is 10.7. The average Bonchev–Trinajstić information content (AvgIpc) is 3.22. The number of hydrogen-bond acceptors (Lipinski definition) is 4. The summed E-state index contributed by atoms with van der Waals surface area (Å²) in [5.74, 6) is -0.144. The predicted molar refractivity (Wildman–Crippen MR) is 130 cm³/mol. The number of fused-ring (bicyclic) bond motifs is 1. The molecule has 3 heterocycles. The molecule has 3 aromatic heterocycles. The second-order valence-corrected chi connectivity index (χ2v) is 7.95. The van der Waals surface area contributed by atoms with E-state index in [1.54, 1.807) is 6.08 Å². The quantitative estimate of drug-likeness (QED) is 0.413. The van der Waals surface area contributed by atoms with Crippen molar-refractivity contribution in [3.05, 3.63) is 78.9 Å². The molecule has 2 N–H and O–H groups in total. The van der Waals surface area contributed by atoms with Gasteiger partial charge in [-0.05, 0) is 62.0 Å². The Hall–Kier alpha value is -3.77. The van der Waals surface area contributed by atoms with E-state index in [0.717, 1.165) is 57.6 Å². The lowest BCUT2D eigenvalue weighted by atomic mass is 10.0. The highest BCUT2D eigenvalue weighted by molar-refractivity contribution is 6.00. The zero-order valence-corrected chi connectivity index (χ0v) is 18.6.